The summed E-state index contributed by atoms with van der Waals surface area (Å²) in [5.74, 6) is -2.09. The van der Waals surface area contributed by atoms with Crippen molar-refractivity contribution in [3.63, 3.8) is 0 Å². The molecule has 0 aliphatic carbocycles. The molecule has 1 atom stereocenters. The van der Waals surface area contributed by atoms with Gasteiger partial charge in [-0.3, -0.25) is 4.79 Å². The number of carbonyl (C=O) groups excluding carboxylic acids is 1. The van der Waals surface area contributed by atoms with Crippen LogP contribution in [-0.2, 0) is 0 Å². The second-order valence-corrected chi connectivity index (χ2v) is 3.27. The van der Waals surface area contributed by atoms with E-state index in [4.69, 9.17) is 5.73 Å². The van der Waals surface area contributed by atoms with Crippen molar-refractivity contribution in [1.82, 2.24) is 5.32 Å². The van der Waals surface area contributed by atoms with Crippen LogP contribution in [0.15, 0.2) is 18.2 Å². The Morgan fingerprint density at radius 1 is 1.38 bits per heavy atom. The molecule has 6 heteroatoms. The molecule has 0 aliphatic rings. The number of hydrogen-bond acceptors (Lipinski definition) is 2. The summed E-state index contributed by atoms with van der Waals surface area (Å²) in [6, 6.07) is 2.43. The zero-order chi connectivity index (χ0) is 11.4. The van der Waals surface area contributed by atoms with Crippen molar-refractivity contribution in [2.45, 2.75) is 13.0 Å². The van der Waals surface area contributed by atoms with E-state index < -0.39 is 17.5 Å². The predicted octanol–water partition coefficient (Wildman–Crippen LogP) is 1.46. The zero-order valence-electron chi connectivity index (χ0n) is 8.67. The van der Waals surface area contributed by atoms with E-state index in [9.17, 15) is 13.6 Å². The van der Waals surface area contributed by atoms with Crippen LogP contribution in [0.1, 0.15) is 17.3 Å². The molecule has 0 unspecified atom stereocenters. The average Bonchev–Trinajstić information content (AvgIpc) is 2.16. The minimum Gasteiger partial charge on any atom is -0.348 e. The lowest BCUT2D eigenvalue weighted by Gasteiger charge is -2.11. The van der Waals surface area contributed by atoms with Crippen molar-refractivity contribution < 1.29 is 13.6 Å². The Balaban J connectivity index is 0.00000225. The van der Waals surface area contributed by atoms with Gasteiger partial charge >= 0.3 is 0 Å². The van der Waals surface area contributed by atoms with Crippen LogP contribution in [-0.4, -0.2) is 18.5 Å². The Labute approximate surface area is 98.4 Å². The largest absolute Gasteiger partial charge is 0.348 e. The number of nitrogens with two attached hydrogens (primary N) is 1. The van der Waals surface area contributed by atoms with Crippen LogP contribution >= 0.6 is 12.4 Å². The maximum absolute atomic E-state index is 12.8. The maximum atomic E-state index is 12.8. The molecule has 1 rings (SSSR count). The van der Waals surface area contributed by atoms with Gasteiger partial charge in [0, 0.05) is 24.2 Å². The summed E-state index contributed by atoms with van der Waals surface area (Å²) in [7, 11) is 0. The Morgan fingerprint density at radius 3 is 2.31 bits per heavy atom. The molecule has 16 heavy (non-hydrogen) atoms. The van der Waals surface area contributed by atoms with Crippen LogP contribution in [0.3, 0.4) is 0 Å². The molecule has 0 fully saturated rings. The van der Waals surface area contributed by atoms with E-state index in [0.717, 1.165) is 12.1 Å². The molecular formula is C10H13ClF2N2O. The molecule has 0 aliphatic heterocycles. The number of amides is 1. The van der Waals surface area contributed by atoms with Crippen molar-refractivity contribution in [3.05, 3.63) is 35.4 Å². The molecule has 1 aromatic rings. The molecule has 90 valence electrons. The molecule has 1 amide bonds. The van der Waals surface area contributed by atoms with Crippen molar-refractivity contribution in [1.29, 1.82) is 0 Å². The first-order valence-electron chi connectivity index (χ1n) is 4.50. The lowest BCUT2D eigenvalue weighted by Crippen LogP contribution is -2.37. The third kappa shape index (κ3) is 4.12. The molecule has 0 saturated carbocycles. The van der Waals surface area contributed by atoms with Crippen molar-refractivity contribution >= 4 is 18.3 Å². The predicted molar refractivity (Wildman–Crippen MR) is 59.6 cm³/mol. The highest BCUT2D eigenvalue weighted by atomic mass is 35.5. The lowest BCUT2D eigenvalue weighted by molar-refractivity contribution is 0.0940. The highest BCUT2D eigenvalue weighted by molar-refractivity contribution is 5.94. The first-order valence-corrected chi connectivity index (χ1v) is 4.50. The van der Waals surface area contributed by atoms with E-state index in [2.05, 4.69) is 5.32 Å². The third-order valence-corrected chi connectivity index (χ3v) is 1.86. The van der Waals surface area contributed by atoms with Gasteiger partial charge in [-0.05, 0) is 19.1 Å². The molecule has 0 heterocycles. The quantitative estimate of drug-likeness (QED) is 0.854. The number of benzene rings is 1. The number of halogens is 3. The van der Waals surface area contributed by atoms with Crippen LogP contribution in [0, 0.1) is 11.6 Å². The molecule has 1 aromatic carbocycles. The summed E-state index contributed by atoms with van der Waals surface area (Å²) in [5.41, 5.74) is 5.25. The van der Waals surface area contributed by atoms with E-state index >= 15 is 0 Å². The zero-order valence-corrected chi connectivity index (χ0v) is 9.48. The Bertz CT molecular complexity index is 354. The number of hydrogen-bond donors (Lipinski definition) is 2. The second kappa shape index (κ2) is 6.40. The van der Waals surface area contributed by atoms with Gasteiger partial charge < -0.3 is 11.1 Å². The first-order chi connectivity index (χ1) is 7.02. The Hall–Kier alpha value is -1.20. The van der Waals surface area contributed by atoms with Crippen molar-refractivity contribution in [2.75, 3.05) is 6.54 Å². The molecule has 0 radical (unpaired) electrons. The van der Waals surface area contributed by atoms with Gasteiger partial charge in [-0.15, -0.1) is 12.4 Å². The summed E-state index contributed by atoms with van der Waals surface area (Å²) in [5, 5.41) is 2.50. The average molecular weight is 251 g/mol. The number of rotatable bonds is 3. The smallest absolute Gasteiger partial charge is 0.251 e. The fourth-order valence-corrected chi connectivity index (χ4v) is 1.05. The van der Waals surface area contributed by atoms with Crippen LogP contribution in [0.25, 0.3) is 0 Å². The first kappa shape index (κ1) is 14.8. The SMILES string of the molecule is C[C@@H](CN)NC(=O)c1cc(F)cc(F)c1.Cl. The molecule has 0 aromatic heterocycles. The van der Waals surface area contributed by atoms with Gasteiger partial charge in [-0.2, -0.15) is 0 Å². The summed E-state index contributed by atoms with van der Waals surface area (Å²) >= 11 is 0. The lowest BCUT2D eigenvalue weighted by atomic mass is 10.2. The summed E-state index contributed by atoms with van der Waals surface area (Å²) in [4.78, 5) is 11.4. The minimum atomic E-state index is -0.777. The van der Waals surface area contributed by atoms with Gasteiger partial charge in [0.25, 0.3) is 5.91 Å². The highest BCUT2D eigenvalue weighted by Gasteiger charge is 2.10. The van der Waals surface area contributed by atoms with Crippen molar-refractivity contribution in [2.24, 2.45) is 5.73 Å². The van der Waals surface area contributed by atoms with Gasteiger partial charge in [-0.1, -0.05) is 0 Å². The highest BCUT2D eigenvalue weighted by Crippen LogP contribution is 2.07. The molecule has 3 N–H and O–H groups in total. The molecular weight excluding hydrogens is 238 g/mol. The van der Waals surface area contributed by atoms with Gasteiger partial charge in [0.1, 0.15) is 11.6 Å². The number of carbonyl (C=O) groups is 1. The van der Waals surface area contributed by atoms with Gasteiger partial charge in [0.05, 0.1) is 0 Å². The van der Waals surface area contributed by atoms with Crippen LogP contribution in [0.5, 0.6) is 0 Å². The van der Waals surface area contributed by atoms with Gasteiger partial charge in [-0.25, -0.2) is 8.78 Å². The molecule has 0 bridgehead atoms. The topological polar surface area (TPSA) is 55.1 Å². The Morgan fingerprint density at radius 2 is 1.88 bits per heavy atom. The summed E-state index contributed by atoms with van der Waals surface area (Å²) < 4.78 is 25.5. The monoisotopic (exact) mass is 250 g/mol. The Kier molecular flexibility index (Phi) is 5.92. The normalized spacial score (nSPS) is 11.5. The molecule has 3 nitrogen and oxygen atoms in total. The third-order valence-electron chi connectivity index (χ3n) is 1.86. The molecule has 0 spiro atoms. The van der Waals surface area contributed by atoms with Gasteiger partial charge in [0.15, 0.2) is 0 Å². The van der Waals surface area contributed by atoms with E-state index in [1.807, 2.05) is 0 Å². The summed E-state index contributed by atoms with van der Waals surface area (Å²) in [6.07, 6.45) is 0. The van der Waals surface area contributed by atoms with E-state index in [-0.39, 0.29) is 30.6 Å². The fraction of sp³-hybridized carbons (Fsp3) is 0.300. The van der Waals surface area contributed by atoms with Crippen LogP contribution in [0.4, 0.5) is 8.78 Å². The minimum absolute atomic E-state index is 0. The molecule has 0 saturated heterocycles. The van der Waals surface area contributed by atoms with Gasteiger partial charge in [0.2, 0.25) is 0 Å². The standard InChI is InChI=1S/C10H12F2N2O.ClH/c1-6(5-13)14-10(15)7-2-8(11)4-9(12)3-7;/h2-4,6H,5,13H2,1H3,(H,14,15);1H/t6-;/m0./s1. The van der Waals surface area contributed by atoms with E-state index in [0.29, 0.717) is 6.07 Å². The fourth-order valence-electron chi connectivity index (χ4n) is 1.05. The second-order valence-electron chi connectivity index (χ2n) is 3.27. The van der Waals surface area contributed by atoms with E-state index in [1.54, 1.807) is 6.92 Å². The summed E-state index contributed by atoms with van der Waals surface area (Å²) in [6.45, 7) is 1.97. The van der Waals surface area contributed by atoms with Crippen LogP contribution in [0.2, 0.25) is 0 Å². The van der Waals surface area contributed by atoms with E-state index in [1.165, 1.54) is 0 Å². The van der Waals surface area contributed by atoms with Crippen molar-refractivity contribution in [3.8, 4) is 0 Å². The number of nitrogens with one attached hydrogen (secondary N) is 1. The van der Waals surface area contributed by atoms with Crippen LogP contribution < -0.4 is 11.1 Å². The maximum Gasteiger partial charge on any atom is 0.251 e.